The predicted octanol–water partition coefficient (Wildman–Crippen LogP) is 13.2. The molecule has 0 unspecified atom stereocenters. The van der Waals surface area contributed by atoms with Gasteiger partial charge in [-0.1, -0.05) is 109 Å². The van der Waals surface area contributed by atoms with Gasteiger partial charge in [-0.05, 0) is 116 Å². The van der Waals surface area contributed by atoms with Crippen LogP contribution in [-0.2, 0) is 11.8 Å². The fourth-order valence-electron chi connectivity index (χ4n) is 12.9. The summed E-state index contributed by atoms with van der Waals surface area (Å²) in [6.45, 7) is 0. The number of hydrogen-bond acceptors (Lipinski definition) is 3. The molecular formula is C56H44N6. The maximum Gasteiger partial charge on any atom is 0.238 e. The first-order valence-corrected chi connectivity index (χ1v) is 22.5. The first-order chi connectivity index (χ1) is 30.7. The van der Waals surface area contributed by atoms with Crippen LogP contribution in [0.3, 0.4) is 0 Å². The van der Waals surface area contributed by atoms with E-state index in [1.54, 1.807) is 0 Å². The molecule has 0 saturated heterocycles. The van der Waals surface area contributed by atoms with E-state index in [-0.39, 0.29) is 5.41 Å². The smallest absolute Gasteiger partial charge is 0.238 e. The number of benzene rings is 7. The number of nitrogens with zero attached hydrogens (tertiary/aromatic N) is 6. The first-order valence-electron chi connectivity index (χ1n) is 22.5. The summed E-state index contributed by atoms with van der Waals surface area (Å²) in [7, 11) is 0. The molecule has 6 heteroatoms. The van der Waals surface area contributed by atoms with E-state index in [1.165, 1.54) is 98.5 Å². The third-order valence-corrected chi connectivity index (χ3v) is 15.0. The van der Waals surface area contributed by atoms with Crippen molar-refractivity contribution in [3.8, 4) is 17.3 Å². The van der Waals surface area contributed by atoms with Crippen LogP contribution in [0.15, 0.2) is 164 Å². The Hall–Kier alpha value is -7.05. The fourth-order valence-corrected chi connectivity index (χ4v) is 12.9. The van der Waals surface area contributed by atoms with E-state index < -0.39 is 0 Å². The minimum absolute atomic E-state index is 0.00881. The second-order valence-electron chi connectivity index (χ2n) is 18.7. The molecule has 62 heavy (non-hydrogen) atoms. The summed E-state index contributed by atoms with van der Waals surface area (Å²) in [6.07, 6.45) is 8.30. The molecule has 4 aliphatic rings. The molecule has 298 valence electrons. The van der Waals surface area contributed by atoms with E-state index >= 15 is 0 Å². The third kappa shape index (κ3) is 5.01. The van der Waals surface area contributed by atoms with E-state index in [2.05, 4.69) is 177 Å². The summed E-state index contributed by atoms with van der Waals surface area (Å²) in [5, 5.41) is 7.45. The van der Waals surface area contributed by atoms with Gasteiger partial charge in [-0.3, -0.25) is 4.57 Å². The number of aromatic nitrogens is 6. The molecule has 0 N–H and O–H groups in total. The van der Waals surface area contributed by atoms with Crippen LogP contribution < -0.4 is 0 Å². The van der Waals surface area contributed by atoms with Gasteiger partial charge in [-0.2, -0.15) is 9.97 Å². The summed E-state index contributed by atoms with van der Waals surface area (Å²) < 4.78 is 7.21. The Morgan fingerprint density at radius 3 is 1.52 bits per heavy atom. The topological polar surface area (TPSA) is 53.5 Å². The van der Waals surface area contributed by atoms with Gasteiger partial charge in [-0.15, -0.1) is 0 Å². The highest BCUT2D eigenvalue weighted by molar-refractivity contribution is 6.19. The van der Waals surface area contributed by atoms with E-state index in [0.29, 0.717) is 6.42 Å². The maximum atomic E-state index is 5.60. The zero-order valence-corrected chi connectivity index (χ0v) is 34.5. The van der Waals surface area contributed by atoms with Crippen LogP contribution in [0.2, 0.25) is 0 Å². The van der Waals surface area contributed by atoms with Gasteiger partial charge >= 0.3 is 0 Å². The third-order valence-electron chi connectivity index (χ3n) is 15.0. The van der Waals surface area contributed by atoms with Crippen LogP contribution in [0.4, 0.5) is 0 Å². The van der Waals surface area contributed by atoms with Crippen LogP contribution in [-0.4, -0.2) is 28.7 Å². The summed E-state index contributed by atoms with van der Waals surface area (Å²) in [5.74, 6) is 4.93. The average molecular weight is 801 g/mol. The van der Waals surface area contributed by atoms with Gasteiger partial charge in [0.1, 0.15) is 11.6 Å². The number of hydrogen-bond donors (Lipinski definition) is 0. The maximum absolute atomic E-state index is 5.60. The second kappa shape index (κ2) is 13.0. The van der Waals surface area contributed by atoms with Gasteiger partial charge < -0.3 is 9.13 Å². The number of para-hydroxylation sites is 6. The molecule has 15 rings (SSSR count). The molecule has 0 radical (unpaired) electrons. The molecule has 0 atom stereocenters. The second-order valence-corrected chi connectivity index (χ2v) is 18.7. The number of fused-ring (bicyclic) bond motifs is 9. The van der Waals surface area contributed by atoms with E-state index in [9.17, 15) is 0 Å². The SMILES string of the molecule is c1ccc(-n2c3ccccc3c3cc4c5ccccc5n(-c5ccccc5Cc5nc(-n6c7ccccc7c7ccccc76)nc(C67CC8CC(CC(C8)C6)C7)n5)c4cc32)cc1. The van der Waals surface area contributed by atoms with Crippen molar-refractivity contribution in [3.05, 3.63) is 181 Å². The quantitative estimate of drug-likeness (QED) is 0.168. The van der Waals surface area contributed by atoms with Gasteiger partial charge in [0.15, 0.2) is 0 Å². The van der Waals surface area contributed by atoms with Crippen LogP contribution in [0.1, 0.15) is 55.7 Å². The van der Waals surface area contributed by atoms with Crippen LogP contribution in [0.25, 0.3) is 82.7 Å². The van der Waals surface area contributed by atoms with Crippen LogP contribution in [0, 0.1) is 17.8 Å². The zero-order chi connectivity index (χ0) is 40.5. The lowest BCUT2D eigenvalue weighted by Gasteiger charge is -2.55. The van der Waals surface area contributed by atoms with Gasteiger partial charge in [0.05, 0.1) is 33.1 Å². The molecule has 4 heterocycles. The predicted molar refractivity (Wildman–Crippen MR) is 252 cm³/mol. The van der Waals surface area contributed by atoms with Crippen molar-refractivity contribution < 1.29 is 0 Å². The highest BCUT2D eigenvalue weighted by atomic mass is 15.2. The average Bonchev–Trinajstić information content (AvgIpc) is 3.93. The monoisotopic (exact) mass is 800 g/mol. The van der Waals surface area contributed by atoms with Crippen molar-refractivity contribution in [2.24, 2.45) is 17.8 Å². The van der Waals surface area contributed by atoms with Gasteiger partial charge in [-0.25, -0.2) is 4.98 Å². The minimum atomic E-state index is 0.00881. The van der Waals surface area contributed by atoms with Crippen molar-refractivity contribution in [2.75, 3.05) is 0 Å². The molecule has 4 saturated carbocycles. The standard InChI is InChI=1S/C56H44N6/c1-2-15-39(16-3-1)60-47-22-10-7-19-42(47)44-30-45-43-20-8-11-23-48(43)61(52(45)31-51(44)60)46-21-9-4-14-38(46)29-53-57-54(56-32-35-26-36(33-56)28-37(27-35)34-56)59-55(58-53)62-49-24-12-5-17-40(49)41-18-6-13-25-50(41)62/h1-25,30-31,35-37H,26-29,32-34H2. The molecule has 4 aromatic heterocycles. The van der Waals surface area contributed by atoms with Crippen LogP contribution >= 0.6 is 0 Å². The lowest BCUT2D eigenvalue weighted by Crippen LogP contribution is -2.49. The molecule has 6 nitrogen and oxygen atoms in total. The molecular weight excluding hydrogens is 757 g/mol. The molecule has 4 aliphatic carbocycles. The lowest BCUT2D eigenvalue weighted by atomic mass is 9.49. The normalized spacial score (nSPS) is 20.8. The van der Waals surface area contributed by atoms with Crippen molar-refractivity contribution in [1.29, 1.82) is 0 Å². The Bertz CT molecular complexity index is 3520. The van der Waals surface area contributed by atoms with Crippen molar-refractivity contribution in [1.82, 2.24) is 28.7 Å². The lowest BCUT2D eigenvalue weighted by molar-refractivity contribution is -0.00961. The van der Waals surface area contributed by atoms with Gasteiger partial charge in [0, 0.05) is 55.5 Å². The largest absolute Gasteiger partial charge is 0.309 e. The minimum Gasteiger partial charge on any atom is -0.309 e. The summed E-state index contributed by atoms with van der Waals surface area (Å²) in [6, 6.07) is 59.7. The molecule has 11 aromatic rings. The Morgan fingerprint density at radius 2 is 0.903 bits per heavy atom. The van der Waals surface area contributed by atoms with Crippen molar-refractivity contribution in [3.63, 3.8) is 0 Å². The van der Waals surface area contributed by atoms with Gasteiger partial charge in [0.2, 0.25) is 5.95 Å². The Labute approximate surface area is 359 Å². The Balaban J connectivity index is 0.989. The summed E-state index contributed by atoms with van der Waals surface area (Å²) in [5.41, 5.74) is 10.5. The first kappa shape index (κ1) is 34.6. The van der Waals surface area contributed by atoms with E-state index in [4.69, 9.17) is 15.0 Å². The van der Waals surface area contributed by atoms with E-state index in [0.717, 1.165) is 57.8 Å². The Morgan fingerprint density at radius 1 is 0.419 bits per heavy atom. The highest BCUT2D eigenvalue weighted by Gasteiger charge is 2.53. The van der Waals surface area contributed by atoms with E-state index in [1.807, 2.05) is 0 Å². The fraction of sp³-hybridized carbons (Fsp3) is 0.196. The molecule has 0 aliphatic heterocycles. The number of rotatable bonds is 6. The van der Waals surface area contributed by atoms with Gasteiger partial charge in [0.25, 0.3) is 0 Å². The highest BCUT2D eigenvalue weighted by Crippen LogP contribution is 2.60. The van der Waals surface area contributed by atoms with Crippen molar-refractivity contribution >= 4 is 65.4 Å². The molecule has 4 fully saturated rings. The van der Waals surface area contributed by atoms with Crippen molar-refractivity contribution in [2.45, 2.75) is 50.4 Å². The summed E-state index contributed by atoms with van der Waals surface area (Å²) >= 11 is 0. The molecule has 7 aromatic carbocycles. The summed E-state index contributed by atoms with van der Waals surface area (Å²) in [4.78, 5) is 16.7. The van der Waals surface area contributed by atoms with Crippen LogP contribution in [0.5, 0.6) is 0 Å². The molecule has 0 spiro atoms. The molecule has 0 amide bonds. The Kier molecular flexibility index (Phi) is 7.25. The molecule has 4 bridgehead atoms. The zero-order valence-electron chi connectivity index (χ0n) is 34.5.